The average Bonchev–Trinajstić information content (AvgIpc) is 2.27. The maximum absolute atomic E-state index is 6.07. The van der Waals surface area contributed by atoms with Crippen molar-refractivity contribution in [2.75, 3.05) is 11.1 Å². The Bertz CT molecular complexity index is 514. The van der Waals surface area contributed by atoms with Gasteiger partial charge >= 0.3 is 0 Å². The van der Waals surface area contributed by atoms with Crippen LogP contribution in [0.25, 0.3) is 0 Å². The number of rotatable bonds is 2. The molecule has 2 nitrogen and oxygen atoms in total. The number of nitrogens with one attached hydrogen (secondary N) is 1. The van der Waals surface area contributed by atoms with Crippen LogP contribution in [-0.2, 0) is 0 Å². The zero-order chi connectivity index (χ0) is 11.5. The summed E-state index contributed by atoms with van der Waals surface area (Å²) in [6.07, 6.45) is 0. The predicted octanol–water partition coefficient (Wildman–Crippen LogP) is 4.43. The van der Waals surface area contributed by atoms with Crippen molar-refractivity contribution in [1.82, 2.24) is 0 Å². The quantitative estimate of drug-likeness (QED) is 0.805. The number of hydrogen-bond donors (Lipinski definition) is 2. The highest BCUT2D eigenvalue weighted by atomic mass is 79.9. The third-order valence-electron chi connectivity index (χ3n) is 2.16. The van der Waals surface area contributed by atoms with Crippen molar-refractivity contribution < 1.29 is 0 Å². The molecule has 2 aromatic rings. The van der Waals surface area contributed by atoms with Crippen molar-refractivity contribution in [1.29, 1.82) is 0 Å². The van der Waals surface area contributed by atoms with Crippen LogP contribution in [-0.4, -0.2) is 0 Å². The second kappa shape index (κ2) is 4.76. The van der Waals surface area contributed by atoms with Crippen molar-refractivity contribution in [3.63, 3.8) is 0 Å². The van der Waals surface area contributed by atoms with Gasteiger partial charge in [0, 0.05) is 4.47 Å². The van der Waals surface area contributed by atoms with Crippen molar-refractivity contribution >= 4 is 44.6 Å². The van der Waals surface area contributed by atoms with Gasteiger partial charge in [0.25, 0.3) is 0 Å². The van der Waals surface area contributed by atoms with Crippen molar-refractivity contribution in [2.24, 2.45) is 0 Å². The molecule has 82 valence electrons. The number of hydrogen-bond acceptors (Lipinski definition) is 2. The molecular weight excluding hydrogens is 288 g/mol. The first-order valence-corrected chi connectivity index (χ1v) is 5.90. The zero-order valence-electron chi connectivity index (χ0n) is 8.37. The molecule has 0 bridgehead atoms. The molecule has 0 unspecified atom stereocenters. The lowest BCUT2D eigenvalue weighted by Crippen LogP contribution is -1.96. The van der Waals surface area contributed by atoms with Gasteiger partial charge in [-0.3, -0.25) is 0 Å². The molecule has 16 heavy (non-hydrogen) atoms. The van der Waals surface area contributed by atoms with E-state index in [0.717, 1.165) is 15.8 Å². The summed E-state index contributed by atoms with van der Waals surface area (Å²) in [6.45, 7) is 0. The minimum atomic E-state index is 0.659. The molecule has 3 N–H and O–H groups in total. The monoisotopic (exact) mass is 296 g/mol. The molecule has 0 heterocycles. The standard InChI is InChI=1S/C12H10BrClN2/c13-8-5-6-9(14)12(7-8)16-11-4-2-1-3-10(11)15/h1-7,16H,15H2. The summed E-state index contributed by atoms with van der Waals surface area (Å²) < 4.78 is 0.967. The summed E-state index contributed by atoms with van der Waals surface area (Å²) in [6, 6.07) is 13.2. The highest BCUT2D eigenvalue weighted by molar-refractivity contribution is 9.10. The van der Waals surface area contributed by atoms with Gasteiger partial charge in [-0.1, -0.05) is 39.7 Å². The zero-order valence-corrected chi connectivity index (χ0v) is 10.7. The van der Waals surface area contributed by atoms with Gasteiger partial charge in [-0.15, -0.1) is 0 Å². The number of halogens is 2. The van der Waals surface area contributed by atoms with E-state index < -0.39 is 0 Å². The lowest BCUT2D eigenvalue weighted by Gasteiger charge is -2.10. The summed E-state index contributed by atoms with van der Waals surface area (Å²) in [4.78, 5) is 0. The van der Waals surface area contributed by atoms with E-state index in [1.165, 1.54) is 0 Å². The normalized spacial score (nSPS) is 10.1. The molecule has 0 fully saturated rings. The van der Waals surface area contributed by atoms with E-state index in [-0.39, 0.29) is 0 Å². The average molecular weight is 298 g/mol. The third-order valence-corrected chi connectivity index (χ3v) is 2.98. The molecule has 0 aromatic heterocycles. The Morgan fingerprint density at radius 3 is 2.56 bits per heavy atom. The van der Waals surface area contributed by atoms with E-state index in [0.29, 0.717) is 10.7 Å². The van der Waals surface area contributed by atoms with Crippen LogP contribution in [0.3, 0.4) is 0 Å². The molecule has 0 amide bonds. The molecule has 0 aliphatic rings. The summed E-state index contributed by atoms with van der Waals surface area (Å²) in [5, 5.41) is 3.85. The molecule has 2 aromatic carbocycles. The summed E-state index contributed by atoms with van der Waals surface area (Å²) in [7, 11) is 0. The fourth-order valence-electron chi connectivity index (χ4n) is 1.35. The largest absolute Gasteiger partial charge is 0.397 e. The molecule has 0 atom stereocenters. The minimum Gasteiger partial charge on any atom is -0.397 e. The van der Waals surface area contributed by atoms with Gasteiger partial charge in [0.2, 0.25) is 0 Å². The van der Waals surface area contributed by atoms with Crippen molar-refractivity contribution in [3.8, 4) is 0 Å². The SMILES string of the molecule is Nc1ccccc1Nc1cc(Br)ccc1Cl. The number of para-hydroxylation sites is 2. The number of nitrogen functional groups attached to an aromatic ring is 1. The van der Waals surface area contributed by atoms with Gasteiger partial charge in [0.05, 0.1) is 22.1 Å². The maximum atomic E-state index is 6.07. The van der Waals surface area contributed by atoms with Gasteiger partial charge in [0.15, 0.2) is 0 Å². The highest BCUT2D eigenvalue weighted by Crippen LogP contribution is 2.30. The molecule has 0 spiro atoms. The molecular formula is C12H10BrClN2. The molecule has 0 saturated heterocycles. The Hall–Kier alpha value is -1.19. The van der Waals surface area contributed by atoms with Gasteiger partial charge < -0.3 is 11.1 Å². The molecule has 4 heteroatoms. The smallest absolute Gasteiger partial charge is 0.0641 e. The van der Waals surface area contributed by atoms with Crippen LogP contribution >= 0.6 is 27.5 Å². The first-order valence-electron chi connectivity index (χ1n) is 4.73. The van der Waals surface area contributed by atoms with Gasteiger partial charge in [-0.2, -0.15) is 0 Å². The summed E-state index contributed by atoms with van der Waals surface area (Å²) in [5.74, 6) is 0. The van der Waals surface area contributed by atoms with Gasteiger partial charge in [0.1, 0.15) is 0 Å². The van der Waals surface area contributed by atoms with E-state index in [2.05, 4.69) is 21.2 Å². The van der Waals surface area contributed by atoms with Crippen molar-refractivity contribution in [2.45, 2.75) is 0 Å². The lowest BCUT2D eigenvalue weighted by molar-refractivity contribution is 1.53. The number of benzene rings is 2. The molecule has 0 saturated carbocycles. The van der Waals surface area contributed by atoms with Crippen LogP contribution in [0.15, 0.2) is 46.9 Å². The van der Waals surface area contributed by atoms with Crippen LogP contribution in [0.2, 0.25) is 5.02 Å². The third kappa shape index (κ3) is 2.49. The number of nitrogens with two attached hydrogens (primary N) is 1. The molecule has 0 aliphatic heterocycles. The first-order chi connectivity index (χ1) is 7.66. The fraction of sp³-hybridized carbons (Fsp3) is 0. The molecule has 0 aliphatic carbocycles. The van der Waals surface area contributed by atoms with E-state index in [1.807, 2.05) is 42.5 Å². The van der Waals surface area contributed by atoms with Crippen LogP contribution in [0.5, 0.6) is 0 Å². The number of anilines is 3. The second-order valence-corrected chi connectivity index (χ2v) is 4.66. The van der Waals surface area contributed by atoms with Gasteiger partial charge in [-0.05, 0) is 30.3 Å². The topological polar surface area (TPSA) is 38.0 Å². The van der Waals surface area contributed by atoms with Crippen LogP contribution < -0.4 is 11.1 Å². The summed E-state index contributed by atoms with van der Waals surface area (Å²) in [5.41, 5.74) is 8.21. The maximum Gasteiger partial charge on any atom is 0.0641 e. The Morgan fingerprint density at radius 2 is 1.81 bits per heavy atom. The minimum absolute atomic E-state index is 0.659. The Labute approximate surface area is 108 Å². The van der Waals surface area contributed by atoms with E-state index in [4.69, 9.17) is 17.3 Å². The fourth-order valence-corrected chi connectivity index (χ4v) is 1.88. The van der Waals surface area contributed by atoms with Gasteiger partial charge in [-0.25, -0.2) is 0 Å². The van der Waals surface area contributed by atoms with Crippen LogP contribution in [0.1, 0.15) is 0 Å². The Morgan fingerprint density at radius 1 is 1.06 bits per heavy atom. The van der Waals surface area contributed by atoms with Crippen LogP contribution in [0, 0.1) is 0 Å². The summed E-state index contributed by atoms with van der Waals surface area (Å²) >= 11 is 9.47. The molecule has 2 rings (SSSR count). The van der Waals surface area contributed by atoms with E-state index >= 15 is 0 Å². The first kappa shape index (κ1) is 11.3. The Balaban J connectivity index is 2.34. The molecule has 0 radical (unpaired) electrons. The highest BCUT2D eigenvalue weighted by Gasteiger charge is 2.03. The predicted molar refractivity (Wildman–Crippen MR) is 73.3 cm³/mol. The second-order valence-electron chi connectivity index (χ2n) is 3.34. The van der Waals surface area contributed by atoms with E-state index in [1.54, 1.807) is 0 Å². The lowest BCUT2D eigenvalue weighted by atomic mass is 10.2. The van der Waals surface area contributed by atoms with Crippen LogP contribution in [0.4, 0.5) is 17.1 Å². The van der Waals surface area contributed by atoms with Crippen molar-refractivity contribution in [3.05, 3.63) is 52.0 Å². The Kier molecular flexibility index (Phi) is 3.36. The van der Waals surface area contributed by atoms with E-state index in [9.17, 15) is 0 Å².